The second-order valence-electron chi connectivity index (χ2n) is 3.67. The second-order valence-corrected chi connectivity index (χ2v) is 3.67. The summed E-state index contributed by atoms with van der Waals surface area (Å²) in [6, 6.07) is 3.87. The van der Waals surface area contributed by atoms with Gasteiger partial charge in [-0.2, -0.15) is 0 Å². The van der Waals surface area contributed by atoms with Gasteiger partial charge in [0.2, 0.25) is 5.88 Å². The summed E-state index contributed by atoms with van der Waals surface area (Å²) in [5, 5.41) is 11.9. The highest BCUT2D eigenvalue weighted by molar-refractivity contribution is 5.17. The molecule has 0 radical (unpaired) electrons. The molecule has 1 aromatic rings. The normalized spacial score (nSPS) is 10.4. The van der Waals surface area contributed by atoms with Crippen molar-refractivity contribution in [3.05, 3.63) is 23.9 Å². The largest absolute Gasteiger partial charge is 0.481 e. The van der Waals surface area contributed by atoms with E-state index in [1.807, 2.05) is 18.3 Å². The molecule has 1 rings (SSSR count). The van der Waals surface area contributed by atoms with Gasteiger partial charge in [0.25, 0.3) is 0 Å². The number of hydrogen-bond donors (Lipinski definition) is 2. The molecule has 0 atom stereocenters. The number of methoxy groups -OCH3 is 1. The molecule has 0 saturated heterocycles. The number of ether oxygens (including phenoxy) is 1. The van der Waals surface area contributed by atoms with E-state index in [0.717, 1.165) is 37.9 Å². The first kappa shape index (κ1) is 12.9. The highest BCUT2D eigenvalue weighted by Gasteiger charge is 1.95. The van der Waals surface area contributed by atoms with Crippen molar-refractivity contribution in [1.82, 2.24) is 10.3 Å². The van der Waals surface area contributed by atoms with Gasteiger partial charge in [-0.3, -0.25) is 0 Å². The van der Waals surface area contributed by atoms with Crippen LogP contribution < -0.4 is 10.1 Å². The Kier molecular flexibility index (Phi) is 6.53. The van der Waals surface area contributed by atoms with Crippen LogP contribution in [0.4, 0.5) is 0 Å². The van der Waals surface area contributed by atoms with Gasteiger partial charge in [0, 0.05) is 25.4 Å². The van der Waals surface area contributed by atoms with Crippen molar-refractivity contribution in [2.75, 3.05) is 20.3 Å². The molecular weight excluding hydrogens is 204 g/mol. The molecule has 0 aliphatic rings. The summed E-state index contributed by atoms with van der Waals surface area (Å²) in [6.07, 6.45) is 4.89. The number of pyridine rings is 1. The standard InChI is InChI=1S/C12H20N2O2/c1-16-12-6-5-11(10-14-12)9-13-7-3-2-4-8-15/h5-6,10,13,15H,2-4,7-9H2,1H3. The molecule has 0 saturated carbocycles. The highest BCUT2D eigenvalue weighted by Crippen LogP contribution is 2.06. The predicted octanol–water partition coefficient (Wildman–Crippen LogP) is 1.34. The summed E-state index contributed by atoms with van der Waals surface area (Å²) in [5.74, 6) is 0.645. The van der Waals surface area contributed by atoms with E-state index >= 15 is 0 Å². The van der Waals surface area contributed by atoms with E-state index in [2.05, 4.69) is 10.3 Å². The third-order valence-electron chi connectivity index (χ3n) is 2.35. The summed E-state index contributed by atoms with van der Waals surface area (Å²) in [4.78, 5) is 4.13. The van der Waals surface area contributed by atoms with E-state index in [4.69, 9.17) is 9.84 Å². The Bertz CT molecular complexity index is 275. The van der Waals surface area contributed by atoms with Gasteiger partial charge in [-0.25, -0.2) is 4.98 Å². The quantitative estimate of drug-likeness (QED) is 0.654. The number of unbranched alkanes of at least 4 members (excludes halogenated alkanes) is 2. The molecule has 0 fully saturated rings. The minimum absolute atomic E-state index is 0.294. The van der Waals surface area contributed by atoms with Gasteiger partial charge in [-0.05, 0) is 31.4 Å². The van der Waals surface area contributed by atoms with Gasteiger partial charge in [0.05, 0.1) is 7.11 Å². The maximum Gasteiger partial charge on any atom is 0.212 e. The Morgan fingerprint density at radius 1 is 1.31 bits per heavy atom. The van der Waals surface area contributed by atoms with Crippen molar-refractivity contribution in [3.8, 4) is 5.88 Å². The number of aliphatic hydroxyl groups is 1. The molecule has 2 N–H and O–H groups in total. The first-order valence-corrected chi connectivity index (χ1v) is 5.67. The minimum Gasteiger partial charge on any atom is -0.481 e. The molecule has 4 heteroatoms. The Hall–Kier alpha value is -1.13. The maximum atomic E-state index is 8.61. The Labute approximate surface area is 96.7 Å². The average Bonchev–Trinajstić information content (AvgIpc) is 2.34. The summed E-state index contributed by atoms with van der Waals surface area (Å²) < 4.78 is 4.98. The second kappa shape index (κ2) is 8.07. The Morgan fingerprint density at radius 2 is 2.19 bits per heavy atom. The molecule has 0 aromatic carbocycles. The van der Waals surface area contributed by atoms with Crippen molar-refractivity contribution in [1.29, 1.82) is 0 Å². The summed E-state index contributed by atoms with van der Waals surface area (Å²) >= 11 is 0. The molecule has 90 valence electrons. The van der Waals surface area contributed by atoms with E-state index < -0.39 is 0 Å². The molecule has 0 spiro atoms. The zero-order chi connectivity index (χ0) is 11.6. The van der Waals surface area contributed by atoms with Crippen molar-refractivity contribution in [2.45, 2.75) is 25.8 Å². The molecule has 16 heavy (non-hydrogen) atoms. The van der Waals surface area contributed by atoms with Crippen molar-refractivity contribution < 1.29 is 9.84 Å². The van der Waals surface area contributed by atoms with Crippen LogP contribution in [0.25, 0.3) is 0 Å². The molecule has 0 amide bonds. The first-order valence-electron chi connectivity index (χ1n) is 5.67. The predicted molar refractivity (Wildman–Crippen MR) is 63.4 cm³/mol. The van der Waals surface area contributed by atoms with Crippen LogP contribution in [0.15, 0.2) is 18.3 Å². The van der Waals surface area contributed by atoms with Gasteiger partial charge >= 0.3 is 0 Å². The molecule has 0 bridgehead atoms. The molecule has 1 aromatic heterocycles. The van der Waals surface area contributed by atoms with Crippen molar-refractivity contribution in [3.63, 3.8) is 0 Å². The lowest BCUT2D eigenvalue weighted by Crippen LogP contribution is -2.14. The monoisotopic (exact) mass is 224 g/mol. The first-order chi connectivity index (χ1) is 7.86. The van der Waals surface area contributed by atoms with E-state index in [0.29, 0.717) is 12.5 Å². The van der Waals surface area contributed by atoms with E-state index in [1.54, 1.807) is 7.11 Å². The molecule has 1 heterocycles. The van der Waals surface area contributed by atoms with Crippen LogP contribution in [-0.2, 0) is 6.54 Å². The van der Waals surface area contributed by atoms with E-state index in [9.17, 15) is 0 Å². The fourth-order valence-electron chi connectivity index (χ4n) is 1.41. The fraction of sp³-hybridized carbons (Fsp3) is 0.583. The molecule has 0 aliphatic heterocycles. The van der Waals surface area contributed by atoms with Crippen LogP contribution in [0.5, 0.6) is 5.88 Å². The minimum atomic E-state index is 0.294. The van der Waals surface area contributed by atoms with Crippen LogP contribution in [0.2, 0.25) is 0 Å². The Morgan fingerprint density at radius 3 is 2.81 bits per heavy atom. The van der Waals surface area contributed by atoms with Gasteiger partial charge < -0.3 is 15.2 Å². The average molecular weight is 224 g/mol. The highest BCUT2D eigenvalue weighted by atomic mass is 16.5. The molecule has 0 unspecified atom stereocenters. The summed E-state index contributed by atoms with van der Waals surface area (Å²) in [6.45, 7) is 2.10. The van der Waals surface area contributed by atoms with Gasteiger partial charge in [0.15, 0.2) is 0 Å². The topological polar surface area (TPSA) is 54.4 Å². The molecular formula is C12H20N2O2. The zero-order valence-electron chi connectivity index (χ0n) is 9.78. The fourth-order valence-corrected chi connectivity index (χ4v) is 1.41. The third kappa shape index (κ3) is 5.09. The smallest absolute Gasteiger partial charge is 0.212 e. The number of aromatic nitrogens is 1. The number of nitrogens with one attached hydrogen (secondary N) is 1. The Balaban J connectivity index is 2.12. The van der Waals surface area contributed by atoms with Crippen molar-refractivity contribution >= 4 is 0 Å². The van der Waals surface area contributed by atoms with E-state index in [1.165, 1.54) is 0 Å². The number of aliphatic hydroxyl groups excluding tert-OH is 1. The van der Waals surface area contributed by atoms with Crippen molar-refractivity contribution in [2.24, 2.45) is 0 Å². The van der Waals surface area contributed by atoms with E-state index in [-0.39, 0.29) is 0 Å². The lowest BCUT2D eigenvalue weighted by atomic mass is 10.2. The van der Waals surface area contributed by atoms with Crippen LogP contribution in [0.1, 0.15) is 24.8 Å². The van der Waals surface area contributed by atoms with Crippen LogP contribution >= 0.6 is 0 Å². The third-order valence-corrected chi connectivity index (χ3v) is 2.35. The SMILES string of the molecule is COc1ccc(CNCCCCCO)cn1. The number of nitrogens with zero attached hydrogens (tertiary/aromatic N) is 1. The maximum absolute atomic E-state index is 8.61. The number of hydrogen-bond acceptors (Lipinski definition) is 4. The lowest BCUT2D eigenvalue weighted by Gasteiger charge is -2.05. The lowest BCUT2D eigenvalue weighted by molar-refractivity contribution is 0.283. The summed E-state index contributed by atoms with van der Waals surface area (Å²) in [5.41, 5.74) is 1.16. The molecule has 4 nitrogen and oxygen atoms in total. The van der Waals surface area contributed by atoms with Crippen LogP contribution in [-0.4, -0.2) is 30.4 Å². The zero-order valence-corrected chi connectivity index (χ0v) is 9.78. The van der Waals surface area contributed by atoms with Crippen LogP contribution in [0, 0.1) is 0 Å². The van der Waals surface area contributed by atoms with Gasteiger partial charge in [-0.15, -0.1) is 0 Å². The summed E-state index contributed by atoms with van der Waals surface area (Å²) in [7, 11) is 1.61. The molecule has 0 aliphatic carbocycles. The van der Waals surface area contributed by atoms with Gasteiger partial charge in [-0.1, -0.05) is 6.07 Å². The van der Waals surface area contributed by atoms with Crippen LogP contribution in [0.3, 0.4) is 0 Å². The van der Waals surface area contributed by atoms with Gasteiger partial charge in [0.1, 0.15) is 0 Å². The number of rotatable bonds is 8.